The molecule has 0 aliphatic carbocycles. The fourth-order valence-corrected chi connectivity index (χ4v) is 9.30. The van der Waals surface area contributed by atoms with Crippen LogP contribution in [0.25, 0.3) is 75.1 Å². The van der Waals surface area contributed by atoms with Crippen LogP contribution in [0, 0.1) is 0 Å². The molecule has 2 atom stereocenters. The van der Waals surface area contributed by atoms with E-state index in [1.54, 1.807) is 0 Å². The molecular weight excluding hydrogens is 679 g/mol. The van der Waals surface area contributed by atoms with E-state index in [2.05, 4.69) is 174 Å². The Balaban J connectivity index is 1.02. The van der Waals surface area contributed by atoms with Gasteiger partial charge in [0.15, 0.2) is 0 Å². The lowest BCUT2D eigenvalue weighted by atomic mass is 9.93. The average Bonchev–Trinajstić information content (AvgIpc) is 3.82. The van der Waals surface area contributed by atoms with E-state index in [0.29, 0.717) is 0 Å². The van der Waals surface area contributed by atoms with Gasteiger partial charge in [0.2, 0.25) is 0 Å². The van der Waals surface area contributed by atoms with Crippen molar-refractivity contribution in [3.63, 3.8) is 0 Å². The SMILES string of the molecule is c1ccc(C2=NC(c3ccc4cc(-c5cc(-c6ccccc6)cc6oc7ccccc7c56)ccc4c3)NC(c3cccc4sc5ccccc5c34)N2)cc1. The zero-order valence-corrected chi connectivity index (χ0v) is 30.0. The molecule has 0 bridgehead atoms. The molecule has 0 fully saturated rings. The van der Waals surface area contributed by atoms with Gasteiger partial charge in [-0.25, -0.2) is 4.99 Å². The van der Waals surface area contributed by atoms with Gasteiger partial charge in [0.1, 0.15) is 29.3 Å². The van der Waals surface area contributed by atoms with E-state index >= 15 is 0 Å². The van der Waals surface area contributed by atoms with Gasteiger partial charge >= 0.3 is 0 Å². The fourth-order valence-electron chi connectivity index (χ4n) is 8.16. The Kier molecular flexibility index (Phi) is 7.22. The molecule has 54 heavy (non-hydrogen) atoms. The van der Waals surface area contributed by atoms with E-state index < -0.39 is 0 Å². The Morgan fingerprint density at radius 2 is 1.22 bits per heavy atom. The minimum absolute atomic E-state index is 0.147. The number of thiophene rings is 1. The molecule has 0 spiro atoms. The lowest BCUT2D eigenvalue weighted by Crippen LogP contribution is -2.45. The zero-order chi connectivity index (χ0) is 35.6. The second-order valence-electron chi connectivity index (χ2n) is 14.0. The molecule has 256 valence electrons. The van der Waals surface area contributed by atoms with Crippen LogP contribution in [0.3, 0.4) is 0 Å². The van der Waals surface area contributed by atoms with Crippen LogP contribution >= 0.6 is 11.3 Å². The highest BCUT2D eigenvalue weighted by atomic mass is 32.1. The number of amidine groups is 1. The third-order valence-corrected chi connectivity index (χ3v) is 11.9. The number of nitrogens with one attached hydrogen (secondary N) is 2. The summed E-state index contributed by atoms with van der Waals surface area (Å²) in [4.78, 5) is 5.28. The van der Waals surface area contributed by atoms with Crippen LogP contribution in [-0.2, 0) is 0 Å². The maximum Gasteiger partial charge on any atom is 0.136 e. The van der Waals surface area contributed by atoms with Crippen molar-refractivity contribution in [1.29, 1.82) is 0 Å². The molecule has 0 saturated heterocycles. The van der Waals surface area contributed by atoms with Crippen molar-refractivity contribution in [3.8, 4) is 22.3 Å². The van der Waals surface area contributed by atoms with Gasteiger partial charge in [-0.15, -0.1) is 11.3 Å². The first-order valence-electron chi connectivity index (χ1n) is 18.3. The summed E-state index contributed by atoms with van der Waals surface area (Å²) in [5, 5.41) is 14.8. The Bertz CT molecular complexity index is 3070. The number of para-hydroxylation sites is 1. The summed E-state index contributed by atoms with van der Waals surface area (Å²) in [6.45, 7) is 0. The van der Waals surface area contributed by atoms with Crippen LogP contribution < -0.4 is 10.6 Å². The number of rotatable bonds is 5. The number of hydrogen-bond donors (Lipinski definition) is 2. The molecule has 0 radical (unpaired) electrons. The van der Waals surface area contributed by atoms with Gasteiger partial charge in [-0.1, -0.05) is 133 Å². The number of nitrogens with zero attached hydrogens (tertiary/aromatic N) is 1. The normalized spacial score (nSPS) is 16.0. The first kappa shape index (κ1) is 31.0. The van der Waals surface area contributed by atoms with Crippen molar-refractivity contribution in [1.82, 2.24) is 10.6 Å². The van der Waals surface area contributed by atoms with E-state index in [-0.39, 0.29) is 12.3 Å². The van der Waals surface area contributed by atoms with Gasteiger partial charge in [-0.3, -0.25) is 5.32 Å². The first-order valence-corrected chi connectivity index (χ1v) is 19.2. The summed E-state index contributed by atoms with van der Waals surface area (Å²) in [6, 6.07) is 62.7. The first-order chi connectivity index (χ1) is 26.7. The predicted molar refractivity (Wildman–Crippen MR) is 226 cm³/mol. The Hall–Kier alpha value is -6.53. The van der Waals surface area contributed by atoms with Crippen LogP contribution in [0.4, 0.5) is 0 Å². The number of aliphatic imine (C=N–C) groups is 1. The monoisotopic (exact) mass is 711 g/mol. The number of benzene rings is 8. The van der Waals surface area contributed by atoms with Crippen molar-refractivity contribution >= 4 is 70.1 Å². The van der Waals surface area contributed by atoms with Crippen molar-refractivity contribution < 1.29 is 4.42 Å². The zero-order valence-electron chi connectivity index (χ0n) is 29.2. The minimum atomic E-state index is -0.254. The van der Waals surface area contributed by atoms with E-state index in [4.69, 9.17) is 9.41 Å². The van der Waals surface area contributed by atoms with E-state index in [0.717, 1.165) is 61.2 Å². The van der Waals surface area contributed by atoms with E-state index in [1.165, 1.54) is 36.5 Å². The molecule has 10 aromatic rings. The second kappa shape index (κ2) is 12.6. The van der Waals surface area contributed by atoms with Crippen molar-refractivity contribution in [2.45, 2.75) is 12.3 Å². The molecule has 1 aliphatic heterocycles. The third kappa shape index (κ3) is 5.20. The average molecular weight is 712 g/mol. The highest BCUT2D eigenvalue weighted by molar-refractivity contribution is 7.25. The summed E-state index contributed by atoms with van der Waals surface area (Å²) >= 11 is 1.84. The molecule has 0 saturated carbocycles. The number of furan rings is 1. The highest BCUT2D eigenvalue weighted by Gasteiger charge is 2.27. The molecule has 5 heteroatoms. The van der Waals surface area contributed by atoms with Gasteiger partial charge in [-0.05, 0) is 86.6 Å². The molecule has 3 heterocycles. The van der Waals surface area contributed by atoms with Crippen molar-refractivity contribution in [2.24, 2.45) is 4.99 Å². The predicted octanol–water partition coefficient (Wildman–Crippen LogP) is 12.8. The molecule has 2 unspecified atom stereocenters. The molecule has 11 rings (SSSR count). The van der Waals surface area contributed by atoms with Gasteiger partial charge in [0, 0.05) is 36.5 Å². The van der Waals surface area contributed by atoms with E-state index in [1.807, 2.05) is 23.5 Å². The molecule has 2 N–H and O–H groups in total. The molecule has 0 amide bonds. The van der Waals surface area contributed by atoms with Crippen molar-refractivity contribution in [2.75, 3.05) is 0 Å². The number of hydrogen-bond acceptors (Lipinski definition) is 5. The largest absolute Gasteiger partial charge is 0.456 e. The van der Waals surface area contributed by atoms with Crippen LogP contribution in [0.2, 0.25) is 0 Å². The maximum atomic E-state index is 6.44. The smallest absolute Gasteiger partial charge is 0.136 e. The lowest BCUT2D eigenvalue weighted by Gasteiger charge is -2.32. The lowest BCUT2D eigenvalue weighted by molar-refractivity contribution is 0.411. The van der Waals surface area contributed by atoms with E-state index in [9.17, 15) is 0 Å². The van der Waals surface area contributed by atoms with Gasteiger partial charge < -0.3 is 9.73 Å². The summed E-state index contributed by atoms with van der Waals surface area (Å²) < 4.78 is 9.03. The Morgan fingerprint density at radius 1 is 0.500 bits per heavy atom. The molecule has 1 aliphatic rings. The molecular formula is C49H33N3OS. The van der Waals surface area contributed by atoms with Gasteiger partial charge in [0.25, 0.3) is 0 Å². The summed E-state index contributed by atoms with van der Waals surface area (Å²) in [5.41, 5.74) is 9.82. The van der Waals surface area contributed by atoms with Gasteiger partial charge in [0.05, 0.1) is 0 Å². The van der Waals surface area contributed by atoms with Crippen LogP contribution in [0.1, 0.15) is 29.0 Å². The fraction of sp³-hybridized carbons (Fsp3) is 0.0408. The van der Waals surface area contributed by atoms with Gasteiger partial charge in [-0.2, -0.15) is 0 Å². The quantitative estimate of drug-likeness (QED) is 0.187. The second-order valence-corrected chi connectivity index (χ2v) is 15.1. The molecule has 4 nitrogen and oxygen atoms in total. The third-order valence-electron chi connectivity index (χ3n) is 10.7. The van der Waals surface area contributed by atoms with Crippen molar-refractivity contribution in [3.05, 3.63) is 193 Å². The minimum Gasteiger partial charge on any atom is -0.456 e. The maximum absolute atomic E-state index is 6.44. The summed E-state index contributed by atoms with van der Waals surface area (Å²) in [5.74, 6) is 0.881. The van der Waals surface area contributed by atoms with Crippen LogP contribution in [-0.4, -0.2) is 5.84 Å². The molecule has 2 aromatic heterocycles. The van der Waals surface area contributed by atoms with Crippen LogP contribution in [0.15, 0.2) is 185 Å². The topological polar surface area (TPSA) is 49.6 Å². The summed E-state index contributed by atoms with van der Waals surface area (Å²) in [7, 11) is 0. The number of fused-ring (bicyclic) bond motifs is 7. The summed E-state index contributed by atoms with van der Waals surface area (Å²) in [6.07, 6.45) is -0.401. The standard InChI is InChI=1S/C49H33N3OS/c1-3-12-30(13-4-1)36-28-40(45-37-16-7-9-19-41(37)53-42(45)29-36)34-24-22-33-27-35(25-23-32(33)26-34)48-50-47(31-14-5-2-6-15-31)51-49(52-48)39-18-11-21-44-46(39)38-17-8-10-20-43(38)54-44/h1-29,48-49,52H,(H,50,51). The molecule has 8 aromatic carbocycles. The Labute approximate surface area is 316 Å². The Morgan fingerprint density at radius 3 is 2.09 bits per heavy atom. The highest BCUT2D eigenvalue weighted by Crippen LogP contribution is 2.42. The van der Waals surface area contributed by atoms with Crippen LogP contribution in [0.5, 0.6) is 0 Å².